The van der Waals surface area contributed by atoms with Gasteiger partial charge in [0, 0.05) is 18.9 Å². The van der Waals surface area contributed by atoms with E-state index in [0.717, 1.165) is 4.90 Å². The summed E-state index contributed by atoms with van der Waals surface area (Å²) in [5, 5.41) is 0.0935. The Morgan fingerprint density at radius 3 is 2.58 bits per heavy atom. The lowest BCUT2D eigenvalue weighted by atomic mass is 10.1. The minimum atomic E-state index is -4.45. The first-order valence-electron chi connectivity index (χ1n) is 5.66. The minimum Gasteiger partial charge on any atom is -0.329 e. The maximum atomic E-state index is 12.5. The Morgan fingerprint density at radius 1 is 1.47 bits per heavy atom. The van der Waals surface area contributed by atoms with Crippen LogP contribution in [0, 0.1) is 5.92 Å². The van der Waals surface area contributed by atoms with E-state index in [2.05, 4.69) is 4.98 Å². The van der Waals surface area contributed by atoms with Crippen LogP contribution in [0.5, 0.6) is 0 Å². The van der Waals surface area contributed by atoms with Crippen molar-refractivity contribution >= 4 is 17.5 Å². The second kappa shape index (κ2) is 6.23. The summed E-state index contributed by atoms with van der Waals surface area (Å²) in [6, 6.07) is 1.37. The Morgan fingerprint density at radius 2 is 2.11 bits per heavy atom. The maximum absolute atomic E-state index is 12.5. The van der Waals surface area contributed by atoms with Crippen molar-refractivity contribution in [2.45, 2.75) is 20.0 Å². The van der Waals surface area contributed by atoms with E-state index in [1.54, 1.807) is 13.8 Å². The predicted octanol–water partition coefficient (Wildman–Crippen LogP) is 3.40. The first-order chi connectivity index (χ1) is 8.70. The average Bonchev–Trinajstić information content (AvgIpc) is 2.25. The van der Waals surface area contributed by atoms with E-state index in [4.69, 9.17) is 11.6 Å². The fourth-order valence-electron chi connectivity index (χ4n) is 1.58. The smallest absolute Gasteiger partial charge is 0.329 e. The highest BCUT2D eigenvalue weighted by atomic mass is 35.5. The van der Waals surface area contributed by atoms with Crippen molar-refractivity contribution in [3.05, 3.63) is 29.0 Å². The molecule has 0 aliphatic heterocycles. The second-order valence-corrected chi connectivity index (χ2v) is 4.96. The molecule has 106 valence electrons. The van der Waals surface area contributed by atoms with E-state index in [1.165, 1.54) is 18.5 Å². The molecule has 0 aliphatic rings. The molecule has 0 aliphatic carbocycles. The molecule has 1 heterocycles. The van der Waals surface area contributed by atoms with Gasteiger partial charge in [-0.1, -0.05) is 25.4 Å². The Bertz CT molecular complexity index is 449. The van der Waals surface area contributed by atoms with Crippen LogP contribution >= 0.6 is 11.6 Å². The molecule has 0 saturated carbocycles. The number of amides is 1. The number of aromatic nitrogens is 1. The molecule has 1 amide bonds. The molecule has 1 rings (SSSR count). The second-order valence-electron chi connectivity index (χ2n) is 4.55. The van der Waals surface area contributed by atoms with Crippen LogP contribution in [0.15, 0.2) is 18.5 Å². The van der Waals surface area contributed by atoms with Crippen LogP contribution in [0.4, 0.5) is 13.2 Å². The van der Waals surface area contributed by atoms with Gasteiger partial charge in [-0.3, -0.25) is 9.78 Å². The van der Waals surface area contributed by atoms with Crippen LogP contribution in [0.3, 0.4) is 0 Å². The van der Waals surface area contributed by atoms with Gasteiger partial charge < -0.3 is 4.90 Å². The van der Waals surface area contributed by atoms with E-state index >= 15 is 0 Å². The number of carbonyl (C=O) groups is 1. The van der Waals surface area contributed by atoms with Crippen molar-refractivity contribution in [2.75, 3.05) is 13.1 Å². The van der Waals surface area contributed by atoms with E-state index in [1.807, 2.05) is 0 Å². The van der Waals surface area contributed by atoms with Gasteiger partial charge in [-0.2, -0.15) is 13.2 Å². The van der Waals surface area contributed by atoms with Crippen molar-refractivity contribution in [2.24, 2.45) is 5.92 Å². The van der Waals surface area contributed by atoms with E-state index in [9.17, 15) is 18.0 Å². The molecule has 0 N–H and O–H groups in total. The molecule has 0 bridgehead atoms. The molecule has 0 spiro atoms. The molecular formula is C12H14ClF3N2O. The minimum absolute atomic E-state index is 0.00354. The monoisotopic (exact) mass is 294 g/mol. The fourth-order valence-corrected chi connectivity index (χ4v) is 1.77. The zero-order chi connectivity index (χ0) is 14.6. The SMILES string of the molecule is CC(C)CN(CC(F)(F)F)C(=O)c1cnccc1Cl. The van der Waals surface area contributed by atoms with Crippen LogP contribution in [-0.2, 0) is 0 Å². The summed E-state index contributed by atoms with van der Waals surface area (Å²) in [6.45, 7) is 2.18. The summed E-state index contributed by atoms with van der Waals surface area (Å²) < 4.78 is 37.5. The number of alkyl halides is 3. The van der Waals surface area contributed by atoms with Crippen molar-refractivity contribution in [3.63, 3.8) is 0 Å². The van der Waals surface area contributed by atoms with Gasteiger partial charge in [0.05, 0.1) is 10.6 Å². The third-order valence-electron chi connectivity index (χ3n) is 2.24. The van der Waals surface area contributed by atoms with Gasteiger partial charge in [-0.05, 0) is 12.0 Å². The first kappa shape index (κ1) is 15.8. The zero-order valence-corrected chi connectivity index (χ0v) is 11.3. The van der Waals surface area contributed by atoms with Gasteiger partial charge >= 0.3 is 6.18 Å². The average molecular weight is 295 g/mol. The van der Waals surface area contributed by atoms with Gasteiger partial charge in [0.1, 0.15) is 6.54 Å². The quantitative estimate of drug-likeness (QED) is 0.853. The Balaban J connectivity index is 2.97. The van der Waals surface area contributed by atoms with Crippen LogP contribution in [0.2, 0.25) is 5.02 Å². The van der Waals surface area contributed by atoms with E-state index < -0.39 is 18.6 Å². The van der Waals surface area contributed by atoms with Crippen LogP contribution in [0.1, 0.15) is 24.2 Å². The normalized spacial score (nSPS) is 11.7. The standard InChI is InChI=1S/C12H14ClF3N2O/c1-8(2)6-18(7-12(14,15)16)11(19)9-5-17-4-3-10(9)13/h3-5,8H,6-7H2,1-2H3. The lowest BCUT2D eigenvalue weighted by molar-refractivity contribution is -0.141. The number of rotatable bonds is 4. The Kier molecular flexibility index (Phi) is 5.17. The molecule has 1 aromatic heterocycles. The molecule has 0 saturated heterocycles. The van der Waals surface area contributed by atoms with Gasteiger partial charge in [0.2, 0.25) is 0 Å². The van der Waals surface area contributed by atoms with Gasteiger partial charge in [0.25, 0.3) is 5.91 Å². The molecular weight excluding hydrogens is 281 g/mol. The van der Waals surface area contributed by atoms with Crippen molar-refractivity contribution in [1.29, 1.82) is 0 Å². The van der Waals surface area contributed by atoms with Crippen molar-refractivity contribution in [3.8, 4) is 0 Å². The maximum Gasteiger partial charge on any atom is 0.406 e. The summed E-state index contributed by atoms with van der Waals surface area (Å²) >= 11 is 5.80. The highest BCUT2D eigenvalue weighted by molar-refractivity contribution is 6.33. The van der Waals surface area contributed by atoms with Gasteiger partial charge in [-0.15, -0.1) is 0 Å². The van der Waals surface area contributed by atoms with Gasteiger partial charge in [0.15, 0.2) is 0 Å². The Labute approximate surface area is 114 Å². The molecule has 0 atom stereocenters. The number of nitrogens with zero attached hydrogens (tertiary/aromatic N) is 2. The molecule has 19 heavy (non-hydrogen) atoms. The summed E-state index contributed by atoms with van der Waals surface area (Å²) in [7, 11) is 0. The summed E-state index contributed by atoms with van der Waals surface area (Å²) in [5.74, 6) is -0.842. The molecule has 1 aromatic rings. The highest BCUT2D eigenvalue weighted by Gasteiger charge is 2.34. The number of hydrogen-bond donors (Lipinski definition) is 0. The van der Waals surface area contributed by atoms with Gasteiger partial charge in [-0.25, -0.2) is 0 Å². The van der Waals surface area contributed by atoms with Crippen LogP contribution in [0.25, 0.3) is 0 Å². The third-order valence-corrected chi connectivity index (χ3v) is 2.57. The van der Waals surface area contributed by atoms with E-state index in [0.29, 0.717) is 0 Å². The summed E-state index contributed by atoms with van der Waals surface area (Å²) in [6.07, 6.45) is -1.90. The zero-order valence-electron chi connectivity index (χ0n) is 10.5. The Hall–Kier alpha value is -1.30. The highest BCUT2D eigenvalue weighted by Crippen LogP contribution is 2.21. The summed E-state index contributed by atoms with van der Waals surface area (Å²) in [4.78, 5) is 16.5. The lowest BCUT2D eigenvalue weighted by Crippen LogP contribution is -2.41. The number of pyridine rings is 1. The number of hydrogen-bond acceptors (Lipinski definition) is 2. The molecule has 7 heteroatoms. The lowest BCUT2D eigenvalue weighted by Gasteiger charge is -2.25. The summed E-state index contributed by atoms with van der Waals surface area (Å²) in [5.41, 5.74) is -0.0194. The molecule has 0 radical (unpaired) electrons. The van der Waals surface area contributed by atoms with E-state index in [-0.39, 0.29) is 23.0 Å². The topological polar surface area (TPSA) is 33.2 Å². The number of halogens is 4. The third kappa shape index (κ3) is 5.06. The fraction of sp³-hybridized carbons (Fsp3) is 0.500. The molecule has 0 aromatic carbocycles. The molecule has 0 unspecified atom stereocenters. The van der Waals surface area contributed by atoms with Crippen molar-refractivity contribution in [1.82, 2.24) is 9.88 Å². The first-order valence-corrected chi connectivity index (χ1v) is 6.04. The number of carbonyl (C=O) groups excluding carboxylic acids is 1. The predicted molar refractivity (Wildman–Crippen MR) is 66.0 cm³/mol. The van der Waals surface area contributed by atoms with Crippen LogP contribution < -0.4 is 0 Å². The molecule has 3 nitrogen and oxygen atoms in total. The van der Waals surface area contributed by atoms with Crippen LogP contribution in [-0.4, -0.2) is 35.1 Å². The van der Waals surface area contributed by atoms with Crippen molar-refractivity contribution < 1.29 is 18.0 Å². The molecule has 0 fully saturated rings. The largest absolute Gasteiger partial charge is 0.406 e.